The minimum absolute atomic E-state index is 0.0840. The van der Waals surface area contributed by atoms with Gasteiger partial charge in [0.05, 0.1) is 25.3 Å². The van der Waals surface area contributed by atoms with Gasteiger partial charge in [0.15, 0.2) is 17.3 Å². The van der Waals surface area contributed by atoms with Crippen LogP contribution in [0.4, 0.5) is 0 Å². The van der Waals surface area contributed by atoms with Crippen LogP contribution in [0.25, 0.3) is 11.4 Å². The minimum atomic E-state index is -0.261. The molecule has 1 aliphatic heterocycles. The Bertz CT molecular complexity index is 939. The van der Waals surface area contributed by atoms with Gasteiger partial charge in [-0.05, 0) is 30.2 Å². The topological polar surface area (TPSA) is 86.5 Å². The largest absolute Gasteiger partial charge is 0.493 e. The molecule has 0 fully saturated rings. The summed E-state index contributed by atoms with van der Waals surface area (Å²) in [6.45, 7) is 0.578. The van der Waals surface area contributed by atoms with E-state index in [-0.39, 0.29) is 18.4 Å². The third kappa shape index (κ3) is 3.62. The average molecular weight is 365 g/mol. The SMILES string of the molecule is COc1cccc2c1OCC(C(=O)NCc1cc(-c3ccccn3)no1)C2. The normalized spacial score (nSPS) is 15.5. The van der Waals surface area contributed by atoms with E-state index in [1.54, 1.807) is 19.4 Å². The second-order valence-corrected chi connectivity index (χ2v) is 6.27. The number of para-hydroxylation sites is 1. The van der Waals surface area contributed by atoms with Crippen molar-refractivity contribution < 1.29 is 18.8 Å². The second kappa shape index (κ2) is 7.49. The molecule has 7 heteroatoms. The highest BCUT2D eigenvalue weighted by Gasteiger charge is 2.27. The van der Waals surface area contributed by atoms with E-state index in [0.29, 0.717) is 30.2 Å². The fourth-order valence-electron chi connectivity index (χ4n) is 3.07. The number of hydrogen-bond donors (Lipinski definition) is 1. The van der Waals surface area contributed by atoms with Crippen molar-refractivity contribution in [3.05, 3.63) is 60.0 Å². The number of ether oxygens (including phenoxy) is 2. The molecule has 0 saturated heterocycles. The molecule has 0 bridgehead atoms. The molecule has 1 N–H and O–H groups in total. The van der Waals surface area contributed by atoms with Gasteiger partial charge in [0, 0.05) is 12.3 Å². The molecule has 1 amide bonds. The first kappa shape index (κ1) is 17.1. The summed E-state index contributed by atoms with van der Waals surface area (Å²) in [7, 11) is 1.61. The predicted octanol–water partition coefficient (Wildman–Crippen LogP) is 2.61. The van der Waals surface area contributed by atoms with E-state index < -0.39 is 0 Å². The molecule has 0 aliphatic carbocycles. The summed E-state index contributed by atoms with van der Waals surface area (Å²) in [5.41, 5.74) is 2.34. The number of nitrogens with one attached hydrogen (secondary N) is 1. The lowest BCUT2D eigenvalue weighted by atomic mass is 9.95. The number of pyridine rings is 1. The molecule has 3 aromatic rings. The summed E-state index contributed by atoms with van der Waals surface area (Å²) in [5.74, 6) is 1.64. The number of fused-ring (bicyclic) bond motifs is 1. The van der Waals surface area contributed by atoms with E-state index in [9.17, 15) is 4.79 Å². The van der Waals surface area contributed by atoms with Crippen LogP contribution in [-0.4, -0.2) is 29.8 Å². The number of benzene rings is 1. The Labute approximate surface area is 156 Å². The van der Waals surface area contributed by atoms with Gasteiger partial charge < -0.3 is 19.3 Å². The smallest absolute Gasteiger partial charge is 0.227 e. The zero-order valence-electron chi connectivity index (χ0n) is 14.8. The van der Waals surface area contributed by atoms with Crippen molar-refractivity contribution >= 4 is 5.91 Å². The molecule has 0 radical (unpaired) electrons. The Hall–Kier alpha value is -3.35. The predicted molar refractivity (Wildman–Crippen MR) is 97.3 cm³/mol. The molecule has 4 rings (SSSR count). The van der Waals surface area contributed by atoms with Crippen LogP contribution < -0.4 is 14.8 Å². The van der Waals surface area contributed by atoms with Crippen molar-refractivity contribution in [2.24, 2.45) is 5.92 Å². The van der Waals surface area contributed by atoms with E-state index in [0.717, 1.165) is 17.0 Å². The number of carbonyl (C=O) groups is 1. The quantitative estimate of drug-likeness (QED) is 0.748. The molecule has 1 aromatic carbocycles. The summed E-state index contributed by atoms with van der Waals surface area (Å²) in [4.78, 5) is 16.7. The van der Waals surface area contributed by atoms with Gasteiger partial charge in [0.25, 0.3) is 0 Å². The number of methoxy groups -OCH3 is 1. The zero-order valence-corrected chi connectivity index (χ0v) is 14.8. The number of amides is 1. The third-order valence-electron chi connectivity index (χ3n) is 4.47. The molecule has 1 atom stereocenters. The highest BCUT2D eigenvalue weighted by Crippen LogP contribution is 2.36. The number of rotatable bonds is 5. The zero-order chi connectivity index (χ0) is 18.6. The van der Waals surface area contributed by atoms with Gasteiger partial charge in [0.1, 0.15) is 12.3 Å². The lowest BCUT2D eigenvalue weighted by molar-refractivity contribution is -0.126. The average Bonchev–Trinajstić information content (AvgIpc) is 3.21. The molecule has 0 saturated carbocycles. The van der Waals surface area contributed by atoms with Gasteiger partial charge in [-0.25, -0.2) is 0 Å². The van der Waals surface area contributed by atoms with Crippen LogP contribution in [-0.2, 0) is 17.8 Å². The van der Waals surface area contributed by atoms with E-state index >= 15 is 0 Å². The second-order valence-electron chi connectivity index (χ2n) is 6.27. The van der Waals surface area contributed by atoms with E-state index in [1.165, 1.54) is 0 Å². The van der Waals surface area contributed by atoms with Crippen molar-refractivity contribution in [3.8, 4) is 22.9 Å². The number of hydrogen-bond acceptors (Lipinski definition) is 6. The summed E-state index contributed by atoms with van der Waals surface area (Å²) in [6.07, 6.45) is 2.30. The van der Waals surface area contributed by atoms with Crippen LogP contribution in [0.15, 0.2) is 53.2 Å². The van der Waals surface area contributed by atoms with E-state index in [2.05, 4.69) is 15.5 Å². The molecule has 138 valence electrons. The van der Waals surface area contributed by atoms with Crippen LogP contribution >= 0.6 is 0 Å². The maximum Gasteiger partial charge on any atom is 0.227 e. The molecule has 1 unspecified atom stereocenters. The van der Waals surface area contributed by atoms with E-state index in [1.807, 2.05) is 36.4 Å². The summed E-state index contributed by atoms with van der Waals surface area (Å²) in [6, 6.07) is 13.1. The first-order chi connectivity index (χ1) is 13.2. The fraction of sp³-hybridized carbons (Fsp3) is 0.250. The Morgan fingerprint density at radius 2 is 2.19 bits per heavy atom. The van der Waals surface area contributed by atoms with Gasteiger partial charge in [-0.3, -0.25) is 9.78 Å². The minimum Gasteiger partial charge on any atom is -0.493 e. The lowest BCUT2D eigenvalue weighted by Gasteiger charge is -2.25. The Kier molecular flexibility index (Phi) is 4.74. The summed E-state index contributed by atoms with van der Waals surface area (Å²) >= 11 is 0. The molecule has 7 nitrogen and oxygen atoms in total. The number of nitrogens with zero attached hydrogens (tertiary/aromatic N) is 2. The van der Waals surface area contributed by atoms with Crippen molar-refractivity contribution in [1.82, 2.24) is 15.5 Å². The first-order valence-electron chi connectivity index (χ1n) is 8.68. The third-order valence-corrected chi connectivity index (χ3v) is 4.47. The molecule has 3 heterocycles. The maximum atomic E-state index is 12.5. The van der Waals surface area contributed by atoms with Crippen molar-refractivity contribution in [2.45, 2.75) is 13.0 Å². The molecular formula is C20H19N3O4. The Morgan fingerprint density at radius 3 is 3.00 bits per heavy atom. The van der Waals surface area contributed by atoms with Crippen molar-refractivity contribution in [1.29, 1.82) is 0 Å². The number of aromatic nitrogens is 2. The highest BCUT2D eigenvalue weighted by atomic mass is 16.5. The van der Waals surface area contributed by atoms with Crippen molar-refractivity contribution in [3.63, 3.8) is 0 Å². The maximum absolute atomic E-state index is 12.5. The van der Waals surface area contributed by atoms with Crippen LogP contribution in [0.5, 0.6) is 11.5 Å². The van der Waals surface area contributed by atoms with E-state index in [4.69, 9.17) is 14.0 Å². The Balaban J connectivity index is 1.37. The van der Waals surface area contributed by atoms with Gasteiger partial charge in [-0.2, -0.15) is 0 Å². The van der Waals surface area contributed by atoms with Crippen LogP contribution in [0.3, 0.4) is 0 Å². The standard InChI is InChI=1S/C20H19N3O4/c1-25-18-7-4-5-13-9-14(12-26-19(13)18)20(24)22-11-15-10-17(23-27-15)16-6-2-3-8-21-16/h2-8,10,14H,9,11-12H2,1H3,(H,22,24). The van der Waals surface area contributed by atoms with Gasteiger partial charge in [-0.1, -0.05) is 23.4 Å². The summed E-state index contributed by atoms with van der Waals surface area (Å²) in [5, 5.41) is 6.89. The van der Waals surface area contributed by atoms with Gasteiger partial charge >= 0.3 is 0 Å². The molecule has 0 spiro atoms. The first-order valence-corrected chi connectivity index (χ1v) is 8.68. The molecule has 1 aliphatic rings. The van der Waals surface area contributed by atoms with Crippen molar-refractivity contribution in [2.75, 3.05) is 13.7 Å². The van der Waals surface area contributed by atoms with Gasteiger partial charge in [0.2, 0.25) is 5.91 Å². The molecule has 2 aromatic heterocycles. The van der Waals surface area contributed by atoms with Crippen LogP contribution in [0, 0.1) is 5.92 Å². The van der Waals surface area contributed by atoms with Gasteiger partial charge in [-0.15, -0.1) is 0 Å². The lowest BCUT2D eigenvalue weighted by Crippen LogP contribution is -2.37. The molecule has 27 heavy (non-hydrogen) atoms. The number of carbonyl (C=O) groups excluding carboxylic acids is 1. The van der Waals surface area contributed by atoms with Crippen LogP contribution in [0.1, 0.15) is 11.3 Å². The monoisotopic (exact) mass is 365 g/mol. The summed E-state index contributed by atoms with van der Waals surface area (Å²) < 4.78 is 16.4. The van der Waals surface area contributed by atoms with Crippen LogP contribution in [0.2, 0.25) is 0 Å². The fourth-order valence-corrected chi connectivity index (χ4v) is 3.07. The highest BCUT2D eigenvalue weighted by molar-refractivity contribution is 5.79. The Morgan fingerprint density at radius 1 is 1.26 bits per heavy atom. The molecular weight excluding hydrogens is 346 g/mol.